The summed E-state index contributed by atoms with van der Waals surface area (Å²) < 4.78 is 10.3. The van der Waals surface area contributed by atoms with E-state index in [1.807, 2.05) is 20.8 Å². The largest absolute Gasteiger partial charge is 0.468 e. The Hall–Kier alpha value is -0.610. The number of nitrogens with one attached hydrogen (secondary N) is 1. The summed E-state index contributed by atoms with van der Waals surface area (Å²) in [4.78, 5) is 11.6. The fraction of sp³-hybridized carbons (Fsp3) is 0.909. The average molecular weight is 217 g/mol. The molecule has 0 amide bonds. The molecule has 0 heterocycles. The molecule has 0 aromatic heterocycles. The lowest BCUT2D eigenvalue weighted by molar-refractivity contribution is -0.151. The van der Waals surface area contributed by atoms with Gasteiger partial charge in [-0.3, -0.25) is 0 Å². The second-order valence-corrected chi connectivity index (χ2v) is 3.88. The average Bonchev–Trinajstić information content (AvgIpc) is 2.25. The molecule has 0 aromatic rings. The Morgan fingerprint density at radius 3 is 2.47 bits per heavy atom. The molecule has 0 radical (unpaired) electrons. The molecule has 0 saturated carbocycles. The van der Waals surface area contributed by atoms with Gasteiger partial charge in [-0.05, 0) is 26.8 Å². The van der Waals surface area contributed by atoms with Gasteiger partial charge < -0.3 is 14.8 Å². The second-order valence-electron chi connectivity index (χ2n) is 3.88. The van der Waals surface area contributed by atoms with Crippen molar-refractivity contribution in [1.82, 2.24) is 5.32 Å². The van der Waals surface area contributed by atoms with E-state index in [0.29, 0.717) is 13.2 Å². The molecule has 1 N–H and O–H groups in total. The van der Waals surface area contributed by atoms with Crippen LogP contribution in [0, 0.1) is 0 Å². The van der Waals surface area contributed by atoms with Crippen LogP contribution in [0.15, 0.2) is 0 Å². The van der Waals surface area contributed by atoms with Crippen LogP contribution in [0.25, 0.3) is 0 Å². The molecule has 0 rings (SSSR count). The monoisotopic (exact) mass is 217 g/mol. The molecule has 0 aliphatic carbocycles. The molecule has 0 bridgehead atoms. The molecular weight excluding hydrogens is 194 g/mol. The second kappa shape index (κ2) is 6.80. The van der Waals surface area contributed by atoms with E-state index in [4.69, 9.17) is 9.47 Å². The third kappa shape index (κ3) is 4.62. The Morgan fingerprint density at radius 2 is 2.07 bits per heavy atom. The zero-order valence-electron chi connectivity index (χ0n) is 10.4. The first kappa shape index (κ1) is 14.4. The SMILES string of the molecule is CCNC(C)(COC(C)CC)C(=O)OC. The van der Waals surface area contributed by atoms with Gasteiger partial charge in [0, 0.05) is 0 Å². The van der Waals surface area contributed by atoms with E-state index in [9.17, 15) is 4.79 Å². The van der Waals surface area contributed by atoms with Crippen LogP contribution in [0.5, 0.6) is 0 Å². The van der Waals surface area contributed by atoms with Crippen molar-refractivity contribution in [2.24, 2.45) is 0 Å². The maximum Gasteiger partial charge on any atom is 0.328 e. The third-order valence-corrected chi connectivity index (χ3v) is 2.43. The van der Waals surface area contributed by atoms with E-state index in [1.165, 1.54) is 7.11 Å². The standard InChI is InChI=1S/C11H23NO3/c1-6-9(3)15-8-11(4,12-7-2)10(13)14-5/h9,12H,6-8H2,1-5H3. The number of esters is 1. The van der Waals surface area contributed by atoms with E-state index >= 15 is 0 Å². The summed E-state index contributed by atoms with van der Waals surface area (Å²) >= 11 is 0. The molecule has 4 heteroatoms. The number of methoxy groups -OCH3 is 1. The van der Waals surface area contributed by atoms with Gasteiger partial charge in [-0.1, -0.05) is 13.8 Å². The van der Waals surface area contributed by atoms with Crippen LogP contribution in [0.2, 0.25) is 0 Å². The van der Waals surface area contributed by atoms with Crippen LogP contribution >= 0.6 is 0 Å². The van der Waals surface area contributed by atoms with Gasteiger partial charge in [0.2, 0.25) is 0 Å². The first-order chi connectivity index (χ1) is 7.00. The zero-order valence-corrected chi connectivity index (χ0v) is 10.4. The van der Waals surface area contributed by atoms with Crippen molar-refractivity contribution in [2.75, 3.05) is 20.3 Å². The maximum atomic E-state index is 11.6. The first-order valence-electron chi connectivity index (χ1n) is 5.45. The Morgan fingerprint density at radius 1 is 1.47 bits per heavy atom. The molecular formula is C11H23NO3. The Kier molecular flexibility index (Phi) is 6.52. The minimum absolute atomic E-state index is 0.160. The van der Waals surface area contributed by atoms with Crippen LogP contribution in [-0.4, -0.2) is 37.9 Å². The summed E-state index contributed by atoms with van der Waals surface area (Å²) in [5.74, 6) is -0.285. The summed E-state index contributed by atoms with van der Waals surface area (Å²) in [7, 11) is 1.39. The predicted molar refractivity (Wildman–Crippen MR) is 59.8 cm³/mol. The van der Waals surface area contributed by atoms with Crippen molar-refractivity contribution in [3.05, 3.63) is 0 Å². The molecule has 2 atom stereocenters. The van der Waals surface area contributed by atoms with Gasteiger partial charge in [-0.25, -0.2) is 4.79 Å². The van der Waals surface area contributed by atoms with Crippen LogP contribution in [-0.2, 0) is 14.3 Å². The molecule has 2 unspecified atom stereocenters. The number of ether oxygens (including phenoxy) is 2. The number of rotatable bonds is 7. The maximum absolute atomic E-state index is 11.6. The Bertz CT molecular complexity index is 196. The van der Waals surface area contributed by atoms with Crippen molar-refractivity contribution in [2.45, 2.75) is 45.8 Å². The van der Waals surface area contributed by atoms with Gasteiger partial charge >= 0.3 is 5.97 Å². The highest BCUT2D eigenvalue weighted by molar-refractivity contribution is 5.80. The summed E-state index contributed by atoms with van der Waals surface area (Å²) in [6, 6.07) is 0. The summed E-state index contributed by atoms with van der Waals surface area (Å²) in [6.45, 7) is 8.82. The van der Waals surface area contributed by atoms with E-state index in [2.05, 4.69) is 5.32 Å². The van der Waals surface area contributed by atoms with E-state index in [-0.39, 0.29) is 12.1 Å². The van der Waals surface area contributed by atoms with Gasteiger partial charge in [-0.2, -0.15) is 0 Å². The highest BCUT2D eigenvalue weighted by atomic mass is 16.5. The van der Waals surface area contributed by atoms with Gasteiger partial charge in [0.25, 0.3) is 0 Å². The van der Waals surface area contributed by atoms with Crippen molar-refractivity contribution in [1.29, 1.82) is 0 Å². The minimum atomic E-state index is -0.743. The molecule has 0 spiro atoms. The van der Waals surface area contributed by atoms with Crippen LogP contribution in [0.1, 0.15) is 34.1 Å². The summed E-state index contributed by atoms with van der Waals surface area (Å²) in [5.41, 5.74) is -0.743. The predicted octanol–water partition coefficient (Wildman–Crippen LogP) is 1.34. The summed E-state index contributed by atoms with van der Waals surface area (Å²) in [5, 5.41) is 3.09. The minimum Gasteiger partial charge on any atom is -0.468 e. The lowest BCUT2D eigenvalue weighted by Gasteiger charge is -2.28. The molecule has 0 fully saturated rings. The van der Waals surface area contributed by atoms with E-state index < -0.39 is 5.54 Å². The number of likely N-dealkylation sites (N-methyl/N-ethyl adjacent to an activating group) is 1. The normalized spacial score (nSPS) is 16.9. The van der Waals surface area contributed by atoms with Gasteiger partial charge in [-0.15, -0.1) is 0 Å². The number of hydrogen-bond acceptors (Lipinski definition) is 4. The molecule has 0 aromatic carbocycles. The molecule has 0 aliphatic heterocycles. The molecule has 90 valence electrons. The highest BCUT2D eigenvalue weighted by Gasteiger charge is 2.34. The van der Waals surface area contributed by atoms with E-state index in [0.717, 1.165) is 6.42 Å². The lowest BCUT2D eigenvalue weighted by Crippen LogP contribution is -2.54. The number of hydrogen-bond donors (Lipinski definition) is 1. The van der Waals surface area contributed by atoms with Gasteiger partial charge in [0.15, 0.2) is 0 Å². The summed E-state index contributed by atoms with van der Waals surface area (Å²) in [6.07, 6.45) is 1.09. The third-order valence-electron chi connectivity index (χ3n) is 2.43. The fourth-order valence-corrected chi connectivity index (χ4v) is 1.22. The number of carbonyl (C=O) groups is 1. The fourth-order valence-electron chi connectivity index (χ4n) is 1.22. The van der Waals surface area contributed by atoms with E-state index in [1.54, 1.807) is 6.92 Å². The lowest BCUT2D eigenvalue weighted by atomic mass is 10.0. The molecule has 0 saturated heterocycles. The molecule has 0 aliphatic rings. The van der Waals surface area contributed by atoms with Crippen LogP contribution in [0.3, 0.4) is 0 Å². The van der Waals surface area contributed by atoms with Crippen molar-refractivity contribution in [3.8, 4) is 0 Å². The topological polar surface area (TPSA) is 47.6 Å². The van der Waals surface area contributed by atoms with Crippen molar-refractivity contribution >= 4 is 5.97 Å². The van der Waals surface area contributed by atoms with Crippen LogP contribution < -0.4 is 5.32 Å². The first-order valence-corrected chi connectivity index (χ1v) is 5.45. The van der Waals surface area contributed by atoms with Gasteiger partial charge in [0.05, 0.1) is 19.8 Å². The van der Waals surface area contributed by atoms with Crippen molar-refractivity contribution < 1.29 is 14.3 Å². The highest BCUT2D eigenvalue weighted by Crippen LogP contribution is 2.09. The zero-order chi connectivity index (χ0) is 11.9. The van der Waals surface area contributed by atoms with Gasteiger partial charge in [0.1, 0.15) is 5.54 Å². The van der Waals surface area contributed by atoms with Crippen LogP contribution in [0.4, 0.5) is 0 Å². The molecule has 15 heavy (non-hydrogen) atoms. The van der Waals surface area contributed by atoms with Crippen molar-refractivity contribution in [3.63, 3.8) is 0 Å². The number of carbonyl (C=O) groups excluding carboxylic acids is 1. The molecule has 4 nitrogen and oxygen atoms in total. The quantitative estimate of drug-likeness (QED) is 0.654. The smallest absolute Gasteiger partial charge is 0.328 e. The Balaban J connectivity index is 4.31. The Labute approximate surface area is 92.3 Å².